The number of amides is 4. The van der Waals surface area contributed by atoms with Crippen LogP contribution in [0.5, 0.6) is 0 Å². The van der Waals surface area contributed by atoms with E-state index in [0.717, 1.165) is 22.4 Å². The highest BCUT2D eigenvalue weighted by Gasteiger charge is 2.32. The molecule has 0 unspecified atom stereocenters. The first-order valence-electron chi connectivity index (χ1n) is 11.0. The average Bonchev–Trinajstić information content (AvgIpc) is 3.33. The van der Waals surface area contributed by atoms with Crippen LogP contribution >= 0.6 is 0 Å². The number of rotatable bonds is 9. The second kappa shape index (κ2) is 10.1. The van der Waals surface area contributed by atoms with Crippen LogP contribution < -0.4 is 5.32 Å². The first-order valence-corrected chi connectivity index (χ1v) is 11.0. The van der Waals surface area contributed by atoms with Crippen molar-refractivity contribution in [3.05, 3.63) is 78.0 Å². The number of hydrogen-bond donors (Lipinski definition) is 1. The van der Waals surface area contributed by atoms with Crippen molar-refractivity contribution in [3.8, 4) is 11.3 Å². The van der Waals surface area contributed by atoms with Crippen LogP contribution in [-0.4, -0.2) is 57.6 Å². The lowest BCUT2D eigenvalue weighted by atomic mass is 10.1. The van der Waals surface area contributed by atoms with Gasteiger partial charge in [-0.05, 0) is 12.0 Å². The number of carbonyl (C=O) groups is 3. The minimum Gasteiger partial charge on any atom is -0.352 e. The Morgan fingerprint density at radius 1 is 1.03 bits per heavy atom. The molecular weight excluding hydrogens is 418 g/mol. The van der Waals surface area contributed by atoms with Gasteiger partial charge >= 0.3 is 6.03 Å². The number of urea groups is 1. The Balaban J connectivity index is 1.37. The smallest absolute Gasteiger partial charge is 0.326 e. The molecular formula is C25H27N5O3. The molecule has 4 amide bonds. The lowest BCUT2D eigenvalue weighted by Gasteiger charge is -2.13. The molecule has 0 aliphatic carbocycles. The standard InChI is InChI=1S/C25H27N5O3/c1-28-18-23(32)30(25(28)33)14-8-13-22(31)26-15-21-17-29(16-19-9-4-2-5-10-19)27-24(21)20-11-6-3-7-12-20/h2-7,9-12,17H,8,13-16,18H2,1H3,(H,26,31). The third-order valence-corrected chi connectivity index (χ3v) is 5.56. The van der Waals surface area contributed by atoms with Crippen LogP contribution in [0.15, 0.2) is 66.9 Å². The molecule has 2 aromatic carbocycles. The van der Waals surface area contributed by atoms with E-state index in [1.807, 2.05) is 59.4 Å². The van der Waals surface area contributed by atoms with E-state index in [1.54, 1.807) is 7.05 Å². The Bertz CT molecular complexity index is 1130. The summed E-state index contributed by atoms with van der Waals surface area (Å²) in [6.07, 6.45) is 2.63. The highest BCUT2D eigenvalue weighted by atomic mass is 16.2. The lowest BCUT2D eigenvalue weighted by Crippen LogP contribution is -2.33. The zero-order valence-corrected chi connectivity index (χ0v) is 18.6. The summed E-state index contributed by atoms with van der Waals surface area (Å²) in [4.78, 5) is 38.8. The molecule has 0 spiro atoms. The summed E-state index contributed by atoms with van der Waals surface area (Å²) in [5.41, 5.74) is 3.90. The molecule has 0 radical (unpaired) electrons. The minimum atomic E-state index is -0.307. The first kappa shape index (κ1) is 22.3. The number of hydrogen-bond acceptors (Lipinski definition) is 4. The summed E-state index contributed by atoms with van der Waals surface area (Å²) in [6.45, 7) is 1.34. The van der Waals surface area contributed by atoms with Crippen LogP contribution in [0.1, 0.15) is 24.0 Å². The van der Waals surface area contributed by atoms with Crippen molar-refractivity contribution in [2.24, 2.45) is 0 Å². The fourth-order valence-corrected chi connectivity index (χ4v) is 3.85. The molecule has 1 aliphatic rings. The molecule has 0 bridgehead atoms. The van der Waals surface area contributed by atoms with Crippen molar-refractivity contribution in [1.29, 1.82) is 0 Å². The Hall–Kier alpha value is -3.94. The van der Waals surface area contributed by atoms with Gasteiger partial charge in [0.2, 0.25) is 11.8 Å². The maximum absolute atomic E-state index is 12.4. The van der Waals surface area contributed by atoms with E-state index >= 15 is 0 Å². The fourth-order valence-electron chi connectivity index (χ4n) is 3.85. The monoisotopic (exact) mass is 445 g/mol. The summed E-state index contributed by atoms with van der Waals surface area (Å²) in [7, 11) is 1.59. The Morgan fingerprint density at radius 3 is 2.39 bits per heavy atom. The molecule has 0 saturated carbocycles. The second-order valence-corrected chi connectivity index (χ2v) is 8.12. The number of nitrogens with zero attached hydrogens (tertiary/aromatic N) is 4. The highest BCUT2D eigenvalue weighted by molar-refractivity contribution is 6.01. The molecule has 0 atom stereocenters. The van der Waals surface area contributed by atoms with E-state index in [9.17, 15) is 14.4 Å². The van der Waals surface area contributed by atoms with Gasteiger partial charge in [0.15, 0.2) is 0 Å². The lowest BCUT2D eigenvalue weighted by molar-refractivity contribution is -0.126. The first-order chi connectivity index (χ1) is 16.0. The van der Waals surface area contributed by atoms with Gasteiger partial charge in [0, 0.05) is 43.9 Å². The predicted octanol–water partition coefficient (Wildman–Crippen LogP) is 2.89. The van der Waals surface area contributed by atoms with Crippen molar-refractivity contribution in [2.75, 3.05) is 20.1 Å². The number of aromatic nitrogens is 2. The van der Waals surface area contributed by atoms with Gasteiger partial charge in [-0.15, -0.1) is 0 Å². The van der Waals surface area contributed by atoms with Crippen LogP contribution in [0.3, 0.4) is 0 Å². The van der Waals surface area contributed by atoms with Gasteiger partial charge in [-0.1, -0.05) is 60.7 Å². The Morgan fingerprint density at radius 2 is 1.73 bits per heavy atom. The quantitative estimate of drug-likeness (QED) is 0.513. The molecule has 170 valence electrons. The largest absolute Gasteiger partial charge is 0.352 e. The molecule has 33 heavy (non-hydrogen) atoms. The maximum atomic E-state index is 12.4. The molecule has 8 heteroatoms. The maximum Gasteiger partial charge on any atom is 0.326 e. The summed E-state index contributed by atoms with van der Waals surface area (Å²) in [5, 5.41) is 7.72. The number of likely N-dealkylation sites (N-methyl/N-ethyl adjacent to an activating group) is 1. The summed E-state index contributed by atoms with van der Waals surface area (Å²) < 4.78 is 1.89. The van der Waals surface area contributed by atoms with Crippen LogP contribution in [-0.2, 0) is 22.7 Å². The molecule has 2 heterocycles. The van der Waals surface area contributed by atoms with Crippen molar-refractivity contribution >= 4 is 17.8 Å². The normalized spacial score (nSPS) is 13.6. The average molecular weight is 446 g/mol. The molecule has 1 aromatic heterocycles. The van der Waals surface area contributed by atoms with E-state index in [0.29, 0.717) is 19.5 Å². The van der Waals surface area contributed by atoms with E-state index in [2.05, 4.69) is 17.4 Å². The topological polar surface area (TPSA) is 87.5 Å². The van der Waals surface area contributed by atoms with Gasteiger partial charge < -0.3 is 10.2 Å². The van der Waals surface area contributed by atoms with Gasteiger partial charge in [-0.3, -0.25) is 19.2 Å². The summed E-state index contributed by atoms with van der Waals surface area (Å²) in [6, 6.07) is 19.7. The van der Waals surface area contributed by atoms with Crippen LogP contribution in [0.25, 0.3) is 11.3 Å². The SMILES string of the molecule is CN1CC(=O)N(CCCC(=O)NCc2cn(Cc3ccccc3)nc2-c2ccccc2)C1=O. The molecule has 1 aliphatic heterocycles. The molecule has 8 nitrogen and oxygen atoms in total. The third kappa shape index (κ3) is 5.46. The van der Waals surface area contributed by atoms with E-state index in [1.165, 1.54) is 9.80 Å². The number of carbonyl (C=O) groups excluding carboxylic acids is 3. The van der Waals surface area contributed by atoms with Crippen LogP contribution in [0, 0.1) is 0 Å². The fraction of sp³-hybridized carbons (Fsp3) is 0.280. The summed E-state index contributed by atoms with van der Waals surface area (Å²) >= 11 is 0. The predicted molar refractivity (Wildman–Crippen MR) is 124 cm³/mol. The van der Waals surface area contributed by atoms with Crippen molar-refractivity contribution in [2.45, 2.75) is 25.9 Å². The van der Waals surface area contributed by atoms with Crippen molar-refractivity contribution in [1.82, 2.24) is 24.9 Å². The third-order valence-electron chi connectivity index (χ3n) is 5.56. The van der Waals surface area contributed by atoms with Crippen LogP contribution in [0.4, 0.5) is 4.79 Å². The molecule has 1 fully saturated rings. The highest BCUT2D eigenvalue weighted by Crippen LogP contribution is 2.22. The van der Waals surface area contributed by atoms with Gasteiger partial charge in [0.25, 0.3) is 0 Å². The Kier molecular flexibility index (Phi) is 6.83. The van der Waals surface area contributed by atoms with Crippen molar-refractivity contribution < 1.29 is 14.4 Å². The van der Waals surface area contributed by atoms with E-state index < -0.39 is 0 Å². The van der Waals surface area contributed by atoms with Gasteiger partial charge in [0.05, 0.1) is 12.2 Å². The van der Waals surface area contributed by atoms with Crippen LogP contribution in [0.2, 0.25) is 0 Å². The van der Waals surface area contributed by atoms with E-state index in [-0.39, 0.29) is 37.4 Å². The van der Waals surface area contributed by atoms with E-state index in [4.69, 9.17) is 5.10 Å². The summed E-state index contributed by atoms with van der Waals surface area (Å²) in [5.74, 6) is -0.349. The zero-order valence-electron chi connectivity index (χ0n) is 18.6. The number of benzene rings is 2. The molecule has 3 aromatic rings. The number of imide groups is 1. The zero-order chi connectivity index (χ0) is 23.2. The molecule has 1 saturated heterocycles. The molecule has 4 rings (SSSR count). The molecule has 1 N–H and O–H groups in total. The van der Waals surface area contributed by atoms with Gasteiger partial charge in [0.1, 0.15) is 6.54 Å². The second-order valence-electron chi connectivity index (χ2n) is 8.12. The van der Waals surface area contributed by atoms with Gasteiger partial charge in [-0.25, -0.2) is 4.79 Å². The van der Waals surface area contributed by atoms with Crippen molar-refractivity contribution in [3.63, 3.8) is 0 Å². The minimum absolute atomic E-state index is 0.0975. The number of nitrogens with one attached hydrogen (secondary N) is 1. The Labute approximate surface area is 192 Å². The van der Waals surface area contributed by atoms with Gasteiger partial charge in [-0.2, -0.15) is 5.10 Å².